The third-order valence-electron chi connectivity index (χ3n) is 7.44. The molecule has 0 radical (unpaired) electrons. The van der Waals surface area contributed by atoms with E-state index in [1.165, 1.54) is 33.2 Å². The maximum Gasteiger partial charge on any atom is 0.121 e. The third kappa shape index (κ3) is 4.67. The number of aliphatic hydroxyl groups excluding tert-OH is 1. The average Bonchev–Trinajstić information content (AvgIpc) is 3.64. The second-order valence-electron chi connectivity index (χ2n) is 9.77. The van der Waals surface area contributed by atoms with Crippen molar-refractivity contribution in [1.29, 1.82) is 0 Å². The van der Waals surface area contributed by atoms with Gasteiger partial charge in [-0.25, -0.2) is 4.98 Å². The minimum Gasteiger partial charge on any atom is -0.395 e. The number of hydrogen-bond donors (Lipinski definition) is 2. The minimum atomic E-state index is -0.570. The Morgan fingerprint density at radius 2 is 1.33 bits per heavy atom. The zero-order chi connectivity index (χ0) is 26.5. The number of rotatable bonds is 10. The zero-order valence-corrected chi connectivity index (χ0v) is 21.8. The van der Waals surface area contributed by atoms with Gasteiger partial charge in [0.2, 0.25) is 0 Å². The van der Waals surface area contributed by atoms with E-state index in [0.717, 1.165) is 12.2 Å². The second-order valence-corrected chi connectivity index (χ2v) is 9.77. The number of aliphatic hydroxyl groups is 1. The fourth-order valence-electron chi connectivity index (χ4n) is 5.67. The molecule has 2 aromatic heterocycles. The van der Waals surface area contributed by atoms with Crippen LogP contribution in [0.25, 0.3) is 10.9 Å². The van der Waals surface area contributed by atoms with Gasteiger partial charge in [0.1, 0.15) is 5.54 Å². The van der Waals surface area contributed by atoms with Crippen molar-refractivity contribution in [3.8, 4) is 0 Å². The first kappa shape index (κ1) is 24.9. The van der Waals surface area contributed by atoms with Crippen molar-refractivity contribution in [3.63, 3.8) is 0 Å². The molecule has 0 aliphatic rings. The van der Waals surface area contributed by atoms with E-state index in [4.69, 9.17) is 10.1 Å². The summed E-state index contributed by atoms with van der Waals surface area (Å²) in [5.41, 5.74) is 6.35. The number of aromatic nitrogens is 3. The molecule has 2 N–H and O–H groups in total. The van der Waals surface area contributed by atoms with E-state index in [0.29, 0.717) is 13.1 Å². The van der Waals surface area contributed by atoms with Crippen LogP contribution in [-0.4, -0.2) is 32.4 Å². The molecule has 194 valence electrons. The van der Waals surface area contributed by atoms with Crippen LogP contribution in [0.2, 0.25) is 0 Å². The zero-order valence-electron chi connectivity index (χ0n) is 21.8. The first-order chi connectivity index (χ1) is 19.3. The first-order valence-corrected chi connectivity index (χ1v) is 13.4. The van der Waals surface area contributed by atoms with Gasteiger partial charge >= 0.3 is 0 Å². The van der Waals surface area contributed by atoms with Gasteiger partial charge in [0.25, 0.3) is 0 Å². The lowest BCUT2D eigenvalue weighted by Gasteiger charge is -2.37. The van der Waals surface area contributed by atoms with Crippen LogP contribution in [-0.2, 0) is 18.6 Å². The van der Waals surface area contributed by atoms with Gasteiger partial charge in [-0.3, -0.25) is 0 Å². The topological polar surface area (TPSA) is 55.0 Å². The maximum absolute atomic E-state index is 9.13. The fourth-order valence-corrected chi connectivity index (χ4v) is 5.67. The Hall–Kier alpha value is -4.45. The summed E-state index contributed by atoms with van der Waals surface area (Å²) in [5.74, 6) is 0. The van der Waals surface area contributed by atoms with Crippen molar-refractivity contribution in [2.45, 2.75) is 18.6 Å². The molecule has 0 saturated carbocycles. The highest BCUT2D eigenvalue weighted by molar-refractivity contribution is 5.83. The molecule has 0 amide bonds. The molecule has 0 unspecified atom stereocenters. The molecule has 39 heavy (non-hydrogen) atoms. The van der Waals surface area contributed by atoms with Gasteiger partial charge in [-0.2, -0.15) is 0 Å². The standard InChI is InChI=1S/C34H32N4O/c39-22-20-35-23-27-11-10-18-33-32(27)19-21-37(33)24-31-25-38(26-36-31)34(28-12-4-1-5-13-28,29-14-6-2-7-15-29)30-16-8-3-9-17-30/h1-19,21,25-26,35,39H,20,22-24H2. The van der Waals surface area contributed by atoms with Crippen LogP contribution in [0.4, 0.5) is 0 Å². The summed E-state index contributed by atoms with van der Waals surface area (Å²) in [6.07, 6.45) is 6.29. The van der Waals surface area contributed by atoms with Gasteiger partial charge < -0.3 is 19.6 Å². The van der Waals surface area contributed by atoms with Crippen molar-refractivity contribution in [2.24, 2.45) is 0 Å². The van der Waals surface area contributed by atoms with E-state index < -0.39 is 5.54 Å². The van der Waals surface area contributed by atoms with Crippen LogP contribution >= 0.6 is 0 Å². The Balaban J connectivity index is 1.43. The average molecular weight is 513 g/mol. The summed E-state index contributed by atoms with van der Waals surface area (Å²) in [6.45, 7) is 2.11. The molecule has 0 aliphatic carbocycles. The van der Waals surface area contributed by atoms with Crippen LogP contribution in [0.3, 0.4) is 0 Å². The predicted octanol–water partition coefficient (Wildman–Crippen LogP) is 5.81. The van der Waals surface area contributed by atoms with Gasteiger partial charge in [-0.15, -0.1) is 0 Å². The lowest BCUT2D eigenvalue weighted by molar-refractivity contribution is 0.292. The van der Waals surface area contributed by atoms with Crippen molar-refractivity contribution in [3.05, 3.63) is 162 Å². The highest BCUT2D eigenvalue weighted by Crippen LogP contribution is 2.40. The van der Waals surface area contributed by atoms with Crippen molar-refractivity contribution in [1.82, 2.24) is 19.4 Å². The molecular weight excluding hydrogens is 480 g/mol. The van der Waals surface area contributed by atoms with Crippen LogP contribution in [0.1, 0.15) is 27.9 Å². The molecule has 5 nitrogen and oxygen atoms in total. The van der Waals surface area contributed by atoms with Crippen molar-refractivity contribution < 1.29 is 5.11 Å². The molecule has 0 spiro atoms. The lowest BCUT2D eigenvalue weighted by Crippen LogP contribution is -2.36. The third-order valence-corrected chi connectivity index (χ3v) is 7.44. The van der Waals surface area contributed by atoms with E-state index in [9.17, 15) is 0 Å². The highest BCUT2D eigenvalue weighted by atomic mass is 16.3. The molecule has 4 aromatic carbocycles. The Morgan fingerprint density at radius 3 is 1.92 bits per heavy atom. The van der Waals surface area contributed by atoms with E-state index >= 15 is 0 Å². The van der Waals surface area contributed by atoms with Crippen LogP contribution in [0.15, 0.2) is 134 Å². The molecule has 6 aromatic rings. The second kappa shape index (κ2) is 11.1. The monoisotopic (exact) mass is 512 g/mol. The molecule has 0 bridgehead atoms. The number of nitrogens with one attached hydrogen (secondary N) is 1. The van der Waals surface area contributed by atoms with E-state index in [1.54, 1.807) is 0 Å². The van der Waals surface area contributed by atoms with E-state index in [2.05, 4.69) is 142 Å². The summed E-state index contributed by atoms with van der Waals surface area (Å²) in [7, 11) is 0. The Labute approximate surface area is 229 Å². The molecule has 6 rings (SSSR count). The lowest BCUT2D eigenvalue weighted by atomic mass is 9.77. The van der Waals surface area contributed by atoms with Crippen LogP contribution < -0.4 is 5.32 Å². The van der Waals surface area contributed by atoms with Gasteiger partial charge in [0.15, 0.2) is 0 Å². The molecule has 2 heterocycles. The number of benzene rings is 4. The number of fused-ring (bicyclic) bond motifs is 1. The molecule has 0 saturated heterocycles. The molecule has 5 heteroatoms. The van der Waals surface area contributed by atoms with Gasteiger partial charge in [-0.05, 0) is 34.4 Å². The number of hydrogen-bond acceptors (Lipinski definition) is 3. The quantitative estimate of drug-likeness (QED) is 0.180. The SMILES string of the molecule is OCCNCc1cccc2c1ccn2Cc1cn(C(c2ccccc2)(c2ccccc2)c2ccccc2)cn1. The largest absolute Gasteiger partial charge is 0.395 e. The Bertz CT molecular complexity index is 1540. The highest BCUT2D eigenvalue weighted by Gasteiger charge is 2.38. The Morgan fingerprint density at radius 1 is 0.718 bits per heavy atom. The van der Waals surface area contributed by atoms with E-state index in [-0.39, 0.29) is 6.61 Å². The molecular formula is C34H32N4O. The Kier molecular flexibility index (Phi) is 7.09. The van der Waals surface area contributed by atoms with Crippen molar-refractivity contribution in [2.75, 3.05) is 13.2 Å². The number of nitrogens with zero attached hydrogens (tertiary/aromatic N) is 3. The minimum absolute atomic E-state index is 0.135. The first-order valence-electron chi connectivity index (χ1n) is 13.4. The predicted molar refractivity (Wildman–Crippen MR) is 157 cm³/mol. The molecule has 0 aliphatic heterocycles. The van der Waals surface area contributed by atoms with E-state index in [1.807, 2.05) is 6.33 Å². The number of imidazole rings is 1. The van der Waals surface area contributed by atoms with Gasteiger partial charge in [0.05, 0.1) is 25.2 Å². The summed E-state index contributed by atoms with van der Waals surface area (Å²) < 4.78 is 4.52. The maximum atomic E-state index is 9.13. The normalized spacial score (nSPS) is 11.7. The smallest absolute Gasteiger partial charge is 0.121 e. The summed E-state index contributed by atoms with van der Waals surface area (Å²) in [4.78, 5) is 4.93. The van der Waals surface area contributed by atoms with Crippen LogP contribution in [0.5, 0.6) is 0 Å². The summed E-state index contributed by atoms with van der Waals surface area (Å²) in [5, 5.41) is 13.6. The fraction of sp³-hybridized carbons (Fsp3) is 0.147. The summed E-state index contributed by atoms with van der Waals surface area (Å²) in [6, 6.07) is 40.6. The van der Waals surface area contributed by atoms with Crippen molar-refractivity contribution >= 4 is 10.9 Å². The van der Waals surface area contributed by atoms with Crippen LogP contribution in [0, 0.1) is 0 Å². The molecule has 0 fully saturated rings. The van der Waals surface area contributed by atoms with Gasteiger partial charge in [-0.1, -0.05) is 103 Å². The molecule has 0 atom stereocenters. The summed E-state index contributed by atoms with van der Waals surface area (Å²) >= 11 is 0. The van der Waals surface area contributed by atoms with Gasteiger partial charge in [0, 0.05) is 36.4 Å².